The Bertz CT molecular complexity index is 1380. The largest absolute Gasteiger partial charge is 0.493 e. The number of H-pyrrole nitrogens is 1. The number of aromatic nitrogens is 1. The predicted octanol–water partition coefficient (Wildman–Crippen LogP) is 5.90. The molecule has 0 radical (unpaired) electrons. The Morgan fingerprint density at radius 3 is 2.58 bits per heavy atom. The van der Waals surface area contributed by atoms with Gasteiger partial charge in [0.1, 0.15) is 11.5 Å². The summed E-state index contributed by atoms with van der Waals surface area (Å²) in [5.74, 6) is 0.0129. The lowest BCUT2D eigenvalue weighted by Crippen LogP contribution is -2.39. The van der Waals surface area contributed by atoms with E-state index < -0.39 is 24.7 Å². The number of aromatic amines is 1. The van der Waals surface area contributed by atoms with Gasteiger partial charge in [-0.2, -0.15) is 13.2 Å². The van der Waals surface area contributed by atoms with E-state index in [1.807, 2.05) is 37.4 Å². The molecule has 1 aromatic heterocycles. The Balaban J connectivity index is 1.57. The summed E-state index contributed by atoms with van der Waals surface area (Å²) < 4.78 is 48.4. The maximum atomic E-state index is 13.4. The standard InChI is InChI=1S/C29H29F3N2O4/c1-2-12-37-27-11-10-20(19-6-5-7-23(14-19)38-18-29(30,31)32)15-25(27)28(36)34-22(17-35)13-21-16-33-26-9-4-3-8-24(21)26/h3-11,14-16,22,33,35H,2,12-13,17-18H2,1H3,(H,34,36)/t22-/m1/s1. The number of benzene rings is 3. The zero-order chi connectivity index (χ0) is 27.1. The molecule has 0 bridgehead atoms. The van der Waals surface area contributed by atoms with Gasteiger partial charge in [-0.1, -0.05) is 43.3 Å². The van der Waals surface area contributed by atoms with Crippen LogP contribution in [0.4, 0.5) is 13.2 Å². The van der Waals surface area contributed by atoms with Crippen LogP contribution in [0.5, 0.6) is 11.5 Å². The predicted molar refractivity (Wildman–Crippen MR) is 140 cm³/mol. The fraction of sp³-hybridized carbons (Fsp3) is 0.276. The number of carbonyl (C=O) groups excluding carboxylic acids is 1. The summed E-state index contributed by atoms with van der Waals surface area (Å²) in [7, 11) is 0. The number of nitrogens with one attached hydrogen (secondary N) is 2. The van der Waals surface area contributed by atoms with Crippen LogP contribution in [-0.2, 0) is 6.42 Å². The summed E-state index contributed by atoms with van der Waals surface area (Å²) in [6.45, 7) is 0.685. The lowest BCUT2D eigenvalue weighted by atomic mass is 10.0. The van der Waals surface area contributed by atoms with Crippen LogP contribution in [0.25, 0.3) is 22.0 Å². The molecule has 0 aliphatic rings. The minimum atomic E-state index is -4.45. The number of carbonyl (C=O) groups is 1. The first kappa shape index (κ1) is 27.1. The lowest BCUT2D eigenvalue weighted by molar-refractivity contribution is -0.153. The summed E-state index contributed by atoms with van der Waals surface area (Å²) in [6, 6.07) is 18.5. The molecule has 3 aromatic carbocycles. The molecule has 4 aromatic rings. The smallest absolute Gasteiger partial charge is 0.422 e. The molecule has 0 fully saturated rings. The fourth-order valence-corrected chi connectivity index (χ4v) is 4.15. The second-order valence-corrected chi connectivity index (χ2v) is 8.91. The lowest BCUT2D eigenvalue weighted by Gasteiger charge is -2.18. The normalized spacial score (nSPS) is 12.3. The minimum absolute atomic E-state index is 0.0659. The summed E-state index contributed by atoms with van der Waals surface area (Å²) in [6.07, 6.45) is -1.43. The highest BCUT2D eigenvalue weighted by atomic mass is 19.4. The Labute approximate surface area is 218 Å². The summed E-state index contributed by atoms with van der Waals surface area (Å²) >= 11 is 0. The Morgan fingerprint density at radius 1 is 1.03 bits per heavy atom. The van der Waals surface area contributed by atoms with Crippen LogP contribution in [0.3, 0.4) is 0 Å². The molecule has 0 unspecified atom stereocenters. The van der Waals surface area contributed by atoms with Gasteiger partial charge >= 0.3 is 6.18 Å². The molecule has 0 aliphatic heterocycles. The highest BCUT2D eigenvalue weighted by molar-refractivity contribution is 5.98. The van der Waals surface area contributed by atoms with E-state index in [1.165, 1.54) is 12.1 Å². The number of hydrogen-bond donors (Lipinski definition) is 3. The van der Waals surface area contributed by atoms with Gasteiger partial charge in [0.2, 0.25) is 0 Å². The van der Waals surface area contributed by atoms with Crippen molar-refractivity contribution in [2.45, 2.75) is 32.0 Å². The third kappa shape index (κ3) is 6.86. The fourth-order valence-electron chi connectivity index (χ4n) is 4.15. The molecular formula is C29H29F3N2O4. The summed E-state index contributed by atoms with van der Waals surface area (Å²) in [5, 5.41) is 13.9. The Kier molecular flexibility index (Phi) is 8.58. The zero-order valence-corrected chi connectivity index (χ0v) is 20.8. The molecule has 200 valence electrons. The van der Waals surface area contributed by atoms with Gasteiger partial charge < -0.3 is 24.9 Å². The number of rotatable bonds is 11. The van der Waals surface area contributed by atoms with Crippen LogP contribution in [0.2, 0.25) is 0 Å². The van der Waals surface area contributed by atoms with E-state index in [9.17, 15) is 23.1 Å². The molecule has 6 nitrogen and oxygen atoms in total. The number of hydrogen-bond acceptors (Lipinski definition) is 4. The molecule has 38 heavy (non-hydrogen) atoms. The topological polar surface area (TPSA) is 83.6 Å². The van der Waals surface area contributed by atoms with Crippen molar-refractivity contribution in [2.24, 2.45) is 0 Å². The van der Waals surface area contributed by atoms with Crippen molar-refractivity contribution in [3.63, 3.8) is 0 Å². The van der Waals surface area contributed by atoms with E-state index in [0.29, 0.717) is 29.9 Å². The van der Waals surface area contributed by atoms with Crippen molar-refractivity contribution in [1.82, 2.24) is 10.3 Å². The van der Waals surface area contributed by atoms with E-state index >= 15 is 0 Å². The molecule has 0 saturated heterocycles. The van der Waals surface area contributed by atoms with Gasteiger partial charge in [-0.05, 0) is 59.9 Å². The van der Waals surface area contributed by atoms with E-state index in [-0.39, 0.29) is 17.9 Å². The summed E-state index contributed by atoms with van der Waals surface area (Å²) in [5.41, 5.74) is 3.38. The molecule has 0 spiro atoms. The monoisotopic (exact) mass is 526 g/mol. The van der Waals surface area contributed by atoms with E-state index in [2.05, 4.69) is 10.3 Å². The average Bonchev–Trinajstić information content (AvgIpc) is 3.32. The average molecular weight is 527 g/mol. The molecule has 0 saturated carbocycles. The van der Waals surface area contributed by atoms with Crippen LogP contribution < -0.4 is 14.8 Å². The number of alkyl halides is 3. The third-order valence-corrected chi connectivity index (χ3v) is 5.95. The Hall–Kier alpha value is -3.98. The highest BCUT2D eigenvalue weighted by Gasteiger charge is 2.28. The molecule has 1 amide bonds. The van der Waals surface area contributed by atoms with Crippen LogP contribution >= 0.6 is 0 Å². The number of halogens is 3. The maximum Gasteiger partial charge on any atom is 0.422 e. The van der Waals surface area contributed by atoms with Crippen LogP contribution in [0, 0.1) is 0 Å². The van der Waals surface area contributed by atoms with Gasteiger partial charge in [-0.3, -0.25) is 4.79 Å². The molecular weight excluding hydrogens is 497 g/mol. The van der Waals surface area contributed by atoms with Gasteiger partial charge in [-0.15, -0.1) is 0 Å². The first-order valence-corrected chi connectivity index (χ1v) is 12.3. The maximum absolute atomic E-state index is 13.4. The number of ether oxygens (including phenoxy) is 2. The van der Waals surface area contributed by atoms with E-state index in [4.69, 9.17) is 9.47 Å². The van der Waals surface area contributed by atoms with Crippen molar-refractivity contribution < 1.29 is 32.5 Å². The molecule has 1 heterocycles. The van der Waals surface area contributed by atoms with Crippen molar-refractivity contribution in [1.29, 1.82) is 0 Å². The number of aliphatic hydroxyl groups is 1. The number of para-hydroxylation sites is 1. The number of aliphatic hydroxyl groups excluding tert-OH is 1. The second-order valence-electron chi connectivity index (χ2n) is 8.91. The Morgan fingerprint density at radius 2 is 1.82 bits per heavy atom. The van der Waals surface area contributed by atoms with Gasteiger partial charge in [0.05, 0.1) is 24.8 Å². The van der Waals surface area contributed by atoms with Crippen LogP contribution in [-0.4, -0.2) is 48.0 Å². The van der Waals surface area contributed by atoms with E-state index in [0.717, 1.165) is 22.9 Å². The summed E-state index contributed by atoms with van der Waals surface area (Å²) in [4.78, 5) is 16.6. The molecule has 9 heteroatoms. The third-order valence-electron chi connectivity index (χ3n) is 5.95. The zero-order valence-electron chi connectivity index (χ0n) is 20.8. The highest BCUT2D eigenvalue weighted by Crippen LogP contribution is 2.30. The quantitative estimate of drug-likeness (QED) is 0.227. The van der Waals surface area contributed by atoms with Gasteiger partial charge in [-0.25, -0.2) is 0 Å². The van der Waals surface area contributed by atoms with Gasteiger partial charge in [0.25, 0.3) is 5.91 Å². The van der Waals surface area contributed by atoms with Crippen molar-refractivity contribution >= 4 is 16.8 Å². The van der Waals surface area contributed by atoms with Crippen molar-refractivity contribution in [3.8, 4) is 22.6 Å². The number of amides is 1. The van der Waals surface area contributed by atoms with Crippen LogP contribution in [0.15, 0.2) is 72.9 Å². The molecule has 0 aliphatic carbocycles. The second kappa shape index (κ2) is 12.0. The minimum Gasteiger partial charge on any atom is -0.493 e. The van der Waals surface area contributed by atoms with Crippen LogP contribution in [0.1, 0.15) is 29.3 Å². The molecule has 4 rings (SSSR count). The SMILES string of the molecule is CCCOc1ccc(-c2cccc(OCC(F)(F)F)c2)cc1C(=O)N[C@@H](CO)Cc1c[nH]c2ccccc12. The first-order valence-electron chi connectivity index (χ1n) is 12.3. The molecule has 1 atom stereocenters. The van der Waals surface area contributed by atoms with Crippen molar-refractivity contribution in [3.05, 3.63) is 84.1 Å². The first-order chi connectivity index (χ1) is 18.3. The van der Waals surface area contributed by atoms with Crippen molar-refractivity contribution in [2.75, 3.05) is 19.8 Å². The number of fused-ring (bicyclic) bond motifs is 1. The van der Waals surface area contributed by atoms with Gasteiger partial charge in [0, 0.05) is 17.1 Å². The molecule has 3 N–H and O–H groups in total. The van der Waals surface area contributed by atoms with E-state index in [1.54, 1.807) is 30.3 Å². The van der Waals surface area contributed by atoms with Gasteiger partial charge in [0.15, 0.2) is 6.61 Å².